The highest BCUT2D eigenvalue weighted by Gasteiger charge is 2.15. The molecular formula is C14H16N2O7S. The molecule has 1 aromatic carbocycles. The van der Waals surface area contributed by atoms with Gasteiger partial charge in [-0.05, 0) is 30.7 Å². The maximum atomic E-state index is 10.7. The fraction of sp³-hybridized carbons (Fsp3) is 0.214. The van der Waals surface area contributed by atoms with E-state index >= 15 is 0 Å². The van der Waals surface area contributed by atoms with Gasteiger partial charge in [0.15, 0.2) is 0 Å². The molecule has 0 aliphatic carbocycles. The number of carbonyl (C=O) groups is 2. The molecule has 9 nitrogen and oxygen atoms in total. The molecule has 1 heterocycles. The molecule has 0 radical (unpaired) electrons. The highest BCUT2D eigenvalue weighted by molar-refractivity contribution is 7.85. The van der Waals surface area contributed by atoms with E-state index in [1.807, 2.05) is 17.8 Å². The van der Waals surface area contributed by atoms with Crippen LogP contribution in [0, 0.1) is 0 Å². The smallest absolute Gasteiger partial charge is 0.335 e. The number of carboxylic acid groups (broad SMARTS) is 2. The van der Waals surface area contributed by atoms with Crippen molar-refractivity contribution in [1.82, 2.24) is 4.57 Å². The highest BCUT2D eigenvalue weighted by Crippen LogP contribution is 2.15. The van der Waals surface area contributed by atoms with Crippen LogP contribution < -0.4 is 9.67 Å². The lowest BCUT2D eigenvalue weighted by Gasteiger charge is -2.06. The molecule has 2 aromatic rings. The summed E-state index contributed by atoms with van der Waals surface area (Å²) >= 11 is 0. The molecule has 2 N–H and O–H groups in total. The Morgan fingerprint density at radius 2 is 1.83 bits per heavy atom. The van der Waals surface area contributed by atoms with E-state index < -0.39 is 38.1 Å². The summed E-state index contributed by atoms with van der Waals surface area (Å²) in [5.41, 5.74) is -1.22. The molecule has 0 saturated carbocycles. The van der Waals surface area contributed by atoms with Gasteiger partial charge in [-0.15, -0.1) is 0 Å². The maximum absolute atomic E-state index is 10.7. The van der Waals surface area contributed by atoms with E-state index in [9.17, 15) is 23.1 Å². The zero-order chi connectivity index (χ0) is 18.5. The number of benzene rings is 1. The van der Waals surface area contributed by atoms with E-state index in [2.05, 4.69) is 24.0 Å². The standard InChI is InChI=1S/C8H6O7S.C6H11N2/c9-7(10)4-1-5(8(11)12)3-6(2-4)16(13,14)15;1-3-8-5-4-7(2)6-8/h1-3H,(H,9,10)(H,11,12)(H,13,14,15);4-6H,3H2,1-2H3/q;+1/p-1. The summed E-state index contributed by atoms with van der Waals surface area (Å²) in [7, 11) is -2.65. The van der Waals surface area contributed by atoms with Crippen molar-refractivity contribution in [2.45, 2.75) is 18.4 Å². The molecular weight excluding hydrogens is 340 g/mol. The van der Waals surface area contributed by atoms with Gasteiger partial charge in [0, 0.05) is 0 Å². The van der Waals surface area contributed by atoms with Crippen LogP contribution in [0.5, 0.6) is 0 Å². The van der Waals surface area contributed by atoms with Gasteiger partial charge in [0.2, 0.25) is 6.33 Å². The van der Waals surface area contributed by atoms with Crippen LogP contribution in [0.25, 0.3) is 0 Å². The molecule has 0 bridgehead atoms. The Labute approximate surface area is 138 Å². The first-order valence-electron chi connectivity index (χ1n) is 6.62. The fourth-order valence-electron chi connectivity index (χ4n) is 1.68. The number of carbonyl (C=O) groups excluding carboxylic acids is 1. The van der Waals surface area contributed by atoms with Crippen molar-refractivity contribution < 1.29 is 37.3 Å². The number of aromatic carboxylic acids is 2. The Hall–Kier alpha value is -2.72. The summed E-state index contributed by atoms with van der Waals surface area (Å²) in [5.74, 6) is -3.26. The highest BCUT2D eigenvalue weighted by atomic mass is 32.2. The SMILES string of the molecule is CCn1cc[n+](C)c1.O=C([O-])c1cc(C(=O)O)cc(S(=O)(=O)O)c1. The van der Waals surface area contributed by atoms with Crippen LogP contribution in [0.4, 0.5) is 0 Å². The summed E-state index contributed by atoms with van der Waals surface area (Å²) in [6.07, 6.45) is 6.14. The third-order valence-corrected chi connectivity index (χ3v) is 3.71. The van der Waals surface area contributed by atoms with E-state index in [0.717, 1.165) is 12.6 Å². The average Bonchev–Trinajstić information content (AvgIpc) is 2.92. The molecule has 0 atom stereocenters. The largest absolute Gasteiger partial charge is 0.545 e. The lowest BCUT2D eigenvalue weighted by atomic mass is 10.1. The molecule has 0 fully saturated rings. The average molecular weight is 356 g/mol. The lowest BCUT2D eigenvalue weighted by Crippen LogP contribution is -2.23. The minimum atomic E-state index is -4.67. The molecule has 1 aromatic heterocycles. The minimum absolute atomic E-state index is 0.575. The minimum Gasteiger partial charge on any atom is -0.545 e. The second kappa shape index (κ2) is 7.70. The van der Waals surface area contributed by atoms with Crippen LogP contribution >= 0.6 is 0 Å². The fourth-order valence-corrected chi connectivity index (χ4v) is 2.23. The van der Waals surface area contributed by atoms with Gasteiger partial charge in [0.1, 0.15) is 12.4 Å². The molecule has 0 unspecified atom stereocenters. The van der Waals surface area contributed by atoms with Crippen molar-refractivity contribution in [3.05, 3.63) is 48.0 Å². The number of aryl methyl sites for hydroxylation is 2. The van der Waals surface area contributed by atoms with Crippen molar-refractivity contribution in [1.29, 1.82) is 0 Å². The first kappa shape index (κ1) is 19.3. The predicted molar refractivity (Wildman–Crippen MR) is 78.8 cm³/mol. The summed E-state index contributed by atoms with van der Waals surface area (Å²) in [6, 6.07) is 1.98. The molecule has 0 spiro atoms. The van der Waals surface area contributed by atoms with Crippen LogP contribution in [0.3, 0.4) is 0 Å². The van der Waals surface area contributed by atoms with Gasteiger partial charge in [-0.1, -0.05) is 0 Å². The summed E-state index contributed by atoms with van der Waals surface area (Å²) in [6.45, 7) is 3.18. The first-order chi connectivity index (χ1) is 11.0. The van der Waals surface area contributed by atoms with Crippen LogP contribution in [-0.2, 0) is 23.7 Å². The van der Waals surface area contributed by atoms with E-state index in [0.29, 0.717) is 12.1 Å². The van der Waals surface area contributed by atoms with Crippen LogP contribution in [-0.4, -0.2) is 34.6 Å². The molecule has 24 heavy (non-hydrogen) atoms. The third kappa shape index (κ3) is 5.48. The second-order valence-electron chi connectivity index (χ2n) is 4.72. The number of aromatic nitrogens is 2. The van der Waals surface area contributed by atoms with Crippen molar-refractivity contribution >= 4 is 22.1 Å². The van der Waals surface area contributed by atoms with Gasteiger partial charge < -0.3 is 15.0 Å². The van der Waals surface area contributed by atoms with Gasteiger partial charge in [-0.2, -0.15) is 8.42 Å². The van der Waals surface area contributed by atoms with Gasteiger partial charge >= 0.3 is 5.97 Å². The first-order valence-corrected chi connectivity index (χ1v) is 8.06. The molecule has 0 aliphatic rings. The van der Waals surface area contributed by atoms with Crippen molar-refractivity contribution in [3.8, 4) is 0 Å². The Morgan fingerprint density at radius 1 is 1.25 bits per heavy atom. The zero-order valence-electron chi connectivity index (χ0n) is 12.9. The quantitative estimate of drug-likeness (QED) is 0.546. The molecule has 0 saturated heterocycles. The van der Waals surface area contributed by atoms with Gasteiger partial charge in [-0.25, -0.2) is 13.9 Å². The zero-order valence-corrected chi connectivity index (χ0v) is 13.7. The summed E-state index contributed by atoms with van der Waals surface area (Å²) in [5, 5.41) is 19.1. The lowest BCUT2D eigenvalue weighted by molar-refractivity contribution is -0.671. The Bertz CT molecular complexity index is 824. The molecule has 0 aliphatic heterocycles. The predicted octanol–water partition coefficient (Wildman–Crippen LogP) is -0.672. The number of rotatable bonds is 4. The van der Waals surface area contributed by atoms with Crippen LogP contribution in [0.1, 0.15) is 27.6 Å². The third-order valence-electron chi connectivity index (χ3n) is 2.88. The molecule has 130 valence electrons. The van der Waals surface area contributed by atoms with Crippen LogP contribution in [0.2, 0.25) is 0 Å². The summed E-state index contributed by atoms with van der Waals surface area (Å²) in [4.78, 5) is 20.2. The number of nitrogens with zero attached hydrogens (tertiary/aromatic N) is 2. The van der Waals surface area contributed by atoms with Gasteiger partial charge in [0.25, 0.3) is 10.1 Å². The van der Waals surface area contributed by atoms with Crippen molar-refractivity contribution in [2.24, 2.45) is 7.05 Å². The molecule has 10 heteroatoms. The summed E-state index contributed by atoms with van der Waals surface area (Å²) < 4.78 is 34.3. The molecule has 2 rings (SSSR count). The van der Waals surface area contributed by atoms with Gasteiger partial charge in [0.05, 0.1) is 30.0 Å². The molecule has 0 amide bonds. The Balaban J connectivity index is 0.000000300. The van der Waals surface area contributed by atoms with Crippen LogP contribution in [0.15, 0.2) is 41.8 Å². The van der Waals surface area contributed by atoms with Crippen molar-refractivity contribution in [3.63, 3.8) is 0 Å². The number of hydrogen-bond acceptors (Lipinski definition) is 5. The van der Waals surface area contributed by atoms with Crippen molar-refractivity contribution in [2.75, 3.05) is 0 Å². The number of hydrogen-bond donors (Lipinski definition) is 2. The second-order valence-corrected chi connectivity index (χ2v) is 6.14. The topological polar surface area (TPSA) is 141 Å². The van der Waals surface area contributed by atoms with Gasteiger partial charge in [-0.3, -0.25) is 4.55 Å². The maximum Gasteiger partial charge on any atom is 0.335 e. The Kier molecular flexibility index (Phi) is 6.20. The van der Waals surface area contributed by atoms with E-state index in [4.69, 9.17) is 9.66 Å². The Morgan fingerprint density at radius 3 is 2.17 bits per heavy atom. The van der Waals surface area contributed by atoms with E-state index in [1.165, 1.54) is 0 Å². The van der Waals surface area contributed by atoms with E-state index in [-0.39, 0.29) is 0 Å². The van der Waals surface area contributed by atoms with E-state index in [1.54, 1.807) is 0 Å². The normalized spacial score (nSPS) is 10.6. The number of carboxylic acids is 2. The number of imidazole rings is 1. The monoisotopic (exact) mass is 356 g/mol.